The molecule has 0 spiro atoms. The van der Waals surface area contributed by atoms with Crippen LogP contribution in [0.3, 0.4) is 0 Å². The number of hydrazone groups is 1. The van der Waals surface area contributed by atoms with Gasteiger partial charge in [-0.25, -0.2) is 9.22 Å². The molecule has 0 radical (unpaired) electrons. The van der Waals surface area contributed by atoms with Gasteiger partial charge in [-0.15, -0.1) is 0 Å². The highest BCUT2D eigenvalue weighted by Crippen LogP contribution is 2.34. The van der Waals surface area contributed by atoms with E-state index in [2.05, 4.69) is 5.10 Å². The van der Waals surface area contributed by atoms with E-state index in [1.165, 1.54) is 18.3 Å². The summed E-state index contributed by atoms with van der Waals surface area (Å²) in [5, 5.41) is 13.4. The molecule has 0 atom stereocenters. The van der Waals surface area contributed by atoms with Crippen LogP contribution < -0.4 is 9.57 Å². The third-order valence-corrected chi connectivity index (χ3v) is 4.39. The van der Waals surface area contributed by atoms with Gasteiger partial charge in [0.1, 0.15) is 5.82 Å². The Bertz CT molecular complexity index is 855. The quantitative estimate of drug-likeness (QED) is 0.602. The lowest BCUT2D eigenvalue weighted by atomic mass is 10.2. The van der Waals surface area contributed by atoms with Gasteiger partial charge in [0.2, 0.25) is 0 Å². The Morgan fingerprint density at radius 2 is 2.00 bits per heavy atom. The van der Waals surface area contributed by atoms with E-state index in [0.29, 0.717) is 12.2 Å². The fraction of sp³-hybridized carbons (Fsp3) is 0.133. The van der Waals surface area contributed by atoms with Crippen LogP contribution in [0.1, 0.15) is 12.5 Å². The smallest absolute Gasteiger partial charge is 0.276 e. The summed E-state index contributed by atoms with van der Waals surface area (Å²) in [4.78, 5) is 1.88. The Hall–Kier alpha value is -2.32. The lowest BCUT2D eigenvalue weighted by Crippen LogP contribution is -2.18. The monoisotopic (exact) mass is 372 g/mol. The lowest BCUT2D eigenvalue weighted by molar-refractivity contribution is 0.318. The molecule has 2 aromatic carbocycles. The second-order valence-corrected chi connectivity index (χ2v) is 6.66. The number of halogens is 2. The zero-order valence-electron chi connectivity index (χ0n) is 12.5. The summed E-state index contributed by atoms with van der Waals surface area (Å²) in [5.41, 5.74) is 0.419. The van der Waals surface area contributed by atoms with E-state index in [9.17, 15) is 17.9 Å². The van der Waals surface area contributed by atoms with Crippen LogP contribution in [0.25, 0.3) is 0 Å². The first-order chi connectivity index (χ1) is 11.3. The van der Waals surface area contributed by atoms with Gasteiger partial charge >= 0.3 is 0 Å². The Balaban J connectivity index is 2.18. The number of hydrogen-bond acceptors (Lipinski definition) is 5. The molecule has 0 aliphatic rings. The van der Waals surface area contributed by atoms with Crippen molar-refractivity contribution in [1.82, 2.24) is 4.83 Å². The van der Waals surface area contributed by atoms with Crippen molar-refractivity contribution in [2.75, 3.05) is 6.61 Å². The van der Waals surface area contributed by atoms with E-state index in [4.69, 9.17) is 16.3 Å². The zero-order valence-corrected chi connectivity index (χ0v) is 14.1. The molecular weight excluding hydrogens is 359 g/mol. The minimum Gasteiger partial charge on any atom is -0.503 e. The number of benzene rings is 2. The molecule has 0 saturated carbocycles. The van der Waals surface area contributed by atoms with Crippen molar-refractivity contribution in [1.29, 1.82) is 0 Å². The van der Waals surface area contributed by atoms with Gasteiger partial charge in [-0.05, 0) is 48.9 Å². The Morgan fingerprint density at radius 1 is 1.33 bits per heavy atom. The van der Waals surface area contributed by atoms with Gasteiger partial charge in [-0.3, -0.25) is 0 Å². The van der Waals surface area contributed by atoms with Crippen LogP contribution in [-0.2, 0) is 10.0 Å². The van der Waals surface area contributed by atoms with Crippen molar-refractivity contribution in [3.63, 3.8) is 0 Å². The fourth-order valence-corrected chi connectivity index (χ4v) is 2.78. The lowest BCUT2D eigenvalue weighted by Gasteiger charge is -2.08. The third-order valence-electron chi connectivity index (χ3n) is 2.86. The molecular formula is C15H14ClFN2O4S. The Labute approximate surface area is 143 Å². The average molecular weight is 373 g/mol. The SMILES string of the molecule is CCOc1cc(/C=N/NS(=O)(=O)c2ccc(F)cc2)cc(Cl)c1O. The van der Waals surface area contributed by atoms with Crippen molar-refractivity contribution in [2.24, 2.45) is 5.10 Å². The highest BCUT2D eigenvalue weighted by atomic mass is 35.5. The summed E-state index contributed by atoms with van der Waals surface area (Å²) in [6.45, 7) is 2.06. The van der Waals surface area contributed by atoms with Crippen LogP contribution in [0.15, 0.2) is 46.4 Å². The third kappa shape index (κ3) is 4.36. The molecule has 0 aliphatic carbocycles. The van der Waals surface area contributed by atoms with Crippen LogP contribution >= 0.6 is 11.6 Å². The maximum absolute atomic E-state index is 12.8. The molecule has 0 fully saturated rings. The molecule has 0 unspecified atom stereocenters. The number of rotatable bonds is 6. The molecule has 6 nitrogen and oxygen atoms in total. The Morgan fingerprint density at radius 3 is 2.62 bits per heavy atom. The number of phenolic OH excluding ortho intramolecular Hbond substituents is 1. The molecule has 24 heavy (non-hydrogen) atoms. The molecule has 0 heterocycles. The van der Waals surface area contributed by atoms with Gasteiger partial charge in [0, 0.05) is 0 Å². The maximum Gasteiger partial charge on any atom is 0.276 e. The molecule has 128 valence electrons. The van der Waals surface area contributed by atoms with E-state index >= 15 is 0 Å². The maximum atomic E-state index is 12.8. The van der Waals surface area contributed by atoms with Crippen LogP contribution in [0.4, 0.5) is 4.39 Å². The second-order valence-electron chi connectivity index (χ2n) is 4.59. The van der Waals surface area contributed by atoms with Crippen molar-refractivity contribution in [3.05, 3.63) is 52.8 Å². The molecule has 0 aromatic heterocycles. The van der Waals surface area contributed by atoms with Crippen LogP contribution in [0.2, 0.25) is 5.02 Å². The predicted molar refractivity (Wildman–Crippen MR) is 88.6 cm³/mol. The number of sulfonamides is 1. The normalized spacial score (nSPS) is 11.6. The van der Waals surface area contributed by atoms with E-state index in [-0.39, 0.29) is 21.4 Å². The average Bonchev–Trinajstić information content (AvgIpc) is 2.52. The zero-order chi connectivity index (χ0) is 17.7. The van der Waals surface area contributed by atoms with E-state index in [1.54, 1.807) is 6.92 Å². The summed E-state index contributed by atoms with van der Waals surface area (Å²) < 4.78 is 42.0. The molecule has 9 heteroatoms. The van der Waals surface area contributed by atoms with Gasteiger partial charge in [-0.1, -0.05) is 11.6 Å². The highest BCUT2D eigenvalue weighted by molar-refractivity contribution is 7.89. The summed E-state index contributed by atoms with van der Waals surface area (Å²) >= 11 is 5.87. The molecule has 0 saturated heterocycles. The van der Waals surface area contributed by atoms with Crippen LogP contribution in [-0.4, -0.2) is 26.3 Å². The van der Waals surface area contributed by atoms with E-state index < -0.39 is 15.8 Å². The molecule has 2 N–H and O–H groups in total. The summed E-state index contributed by atoms with van der Waals surface area (Å²) in [5.74, 6) is -0.588. The first kappa shape index (κ1) is 18.0. The minimum absolute atomic E-state index is 0.0452. The van der Waals surface area contributed by atoms with Crippen LogP contribution in [0, 0.1) is 5.82 Å². The number of aromatic hydroxyl groups is 1. The first-order valence-electron chi connectivity index (χ1n) is 6.79. The van der Waals surface area contributed by atoms with Crippen molar-refractivity contribution in [3.8, 4) is 11.5 Å². The van der Waals surface area contributed by atoms with Crippen molar-refractivity contribution >= 4 is 27.8 Å². The van der Waals surface area contributed by atoms with Gasteiger partial charge in [0.05, 0.1) is 22.7 Å². The minimum atomic E-state index is -3.91. The first-order valence-corrected chi connectivity index (χ1v) is 8.65. The van der Waals surface area contributed by atoms with Gasteiger partial charge in [0.25, 0.3) is 10.0 Å². The van der Waals surface area contributed by atoms with E-state index in [1.807, 2.05) is 4.83 Å². The summed E-state index contributed by atoms with van der Waals surface area (Å²) in [6.07, 6.45) is 1.20. The number of phenols is 1. The number of ether oxygens (including phenoxy) is 1. The molecule has 0 aliphatic heterocycles. The summed E-state index contributed by atoms with van der Waals surface area (Å²) in [6, 6.07) is 7.17. The molecule has 2 aromatic rings. The predicted octanol–water partition coefficient (Wildman–Crippen LogP) is 2.90. The van der Waals surface area contributed by atoms with Crippen LogP contribution in [0.5, 0.6) is 11.5 Å². The topological polar surface area (TPSA) is 88.0 Å². The number of hydrogen-bond donors (Lipinski definition) is 2. The number of nitrogens with zero attached hydrogens (tertiary/aromatic N) is 1. The van der Waals surface area contributed by atoms with Gasteiger partial charge in [0.15, 0.2) is 11.5 Å². The number of nitrogens with one attached hydrogen (secondary N) is 1. The van der Waals surface area contributed by atoms with Crippen molar-refractivity contribution in [2.45, 2.75) is 11.8 Å². The van der Waals surface area contributed by atoms with Gasteiger partial charge in [-0.2, -0.15) is 13.5 Å². The fourth-order valence-electron chi connectivity index (χ4n) is 1.77. The summed E-state index contributed by atoms with van der Waals surface area (Å²) in [7, 11) is -3.91. The van der Waals surface area contributed by atoms with Crippen molar-refractivity contribution < 1.29 is 22.7 Å². The van der Waals surface area contributed by atoms with Gasteiger partial charge < -0.3 is 9.84 Å². The molecule has 0 amide bonds. The largest absolute Gasteiger partial charge is 0.503 e. The van der Waals surface area contributed by atoms with E-state index in [0.717, 1.165) is 24.3 Å². The highest BCUT2D eigenvalue weighted by Gasteiger charge is 2.13. The second kappa shape index (κ2) is 7.50. The Kier molecular flexibility index (Phi) is 5.63. The standard InChI is InChI=1S/C15H14ClFN2O4S/c1-2-23-14-8-10(7-13(16)15(14)20)9-18-19-24(21,22)12-5-3-11(17)4-6-12/h3-9,19-20H,2H2,1H3/b18-9+. The molecule has 0 bridgehead atoms. The molecule has 2 rings (SSSR count).